The van der Waals surface area contributed by atoms with Gasteiger partial charge in [-0.2, -0.15) is 0 Å². The molecule has 1 heterocycles. The maximum absolute atomic E-state index is 11.2. The van der Waals surface area contributed by atoms with Gasteiger partial charge in [-0.25, -0.2) is 4.79 Å². The second-order valence-electron chi connectivity index (χ2n) is 4.06. The number of nitrogens with two attached hydrogens (primary N) is 1. The molecule has 0 saturated heterocycles. The first kappa shape index (κ1) is 13.9. The summed E-state index contributed by atoms with van der Waals surface area (Å²) in [5, 5.41) is 10.3. The number of rotatable bonds is 5. The Hall–Kier alpha value is -2.18. The Kier molecular flexibility index (Phi) is 4.59. The van der Waals surface area contributed by atoms with E-state index < -0.39 is 17.9 Å². The molecule has 0 spiro atoms. The average molecular weight is 252 g/mol. The molecule has 0 aliphatic carbocycles. The minimum absolute atomic E-state index is 0.0181. The highest BCUT2D eigenvalue weighted by atomic mass is 16.5. The quantitative estimate of drug-likeness (QED) is 0.724. The maximum atomic E-state index is 11.2. The molecule has 1 amide bonds. The number of ether oxygens (including phenoxy) is 1. The van der Waals surface area contributed by atoms with Crippen molar-refractivity contribution < 1.29 is 14.3 Å². The summed E-state index contributed by atoms with van der Waals surface area (Å²) in [7, 11) is 1.26. The molecular weight excluding hydrogens is 236 g/mol. The molecule has 0 fully saturated rings. The van der Waals surface area contributed by atoms with Crippen LogP contribution < -0.4 is 11.1 Å². The molecule has 7 heteroatoms. The molecule has 3 N–H and O–H groups in total. The highest BCUT2D eigenvalue weighted by Gasteiger charge is 2.19. The molecule has 0 aromatic carbocycles. The van der Waals surface area contributed by atoms with E-state index >= 15 is 0 Å². The van der Waals surface area contributed by atoms with Crippen LogP contribution in [0.25, 0.3) is 0 Å². The molecule has 0 radical (unpaired) electrons. The zero-order chi connectivity index (χ0) is 13.7. The lowest BCUT2D eigenvalue weighted by molar-refractivity contribution is -0.119. The molecule has 98 valence electrons. The summed E-state index contributed by atoms with van der Waals surface area (Å²) < 4.78 is 4.50. The van der Waals surface area contributed by atoms with Gasteiger partial charge in [0.25, 0.3) is 0 Å². The average Bonchev–Trinajstić information content (AvgIpc) is 2.35. The number of primary amides is 1. The second kappa shape index (κ2) is 5.95. The van der Waals surface area contributed by atoms with Crippen molar-refractivity contribution in [2.24, 2.45) is 11.7 Å². The number of anilines is 1. The summed E-state index contributed by atoms with van der Waals surface area (Å²) in [6, 6.07) is 2.46. The molecule has 1 rings (SSSR count). The van der Waals surface area contributed by atoms with Gasteiger partial charge in [0.15, 0.2) is 5.69 Å². The van der Waals surface area contributed by atoms with Gasteiger partial charge >= 0.3 is 5.97 Å². The summed E-state index contributed by atoms with van der Waals surface area (Å²) in [6.45, 7) is 3.72. The lowest BCUT2D eigenvalue weighted by Crippen LogP contribution is -2.39. The van der Waals surface area contributed by atoms with Crippen LogP contribution in [0.4, 0.5) is 5.82 Å². The molecule has 1 aromatic heterocycles. The van der Waals surface area contributed by atoms with Crippen molar-refractivity contribution in [3.05, 3.63) is 17.8 Å². The Balaban J connectivity index is 2.79. The van der Waals surface area contributed by atoms with Crippen LogP contribution in [-0.4, -0.2) is 35.2 Å². The molecule has 1 aromatic rings. The second-order valence-corrected chi connectivity index (χ2v) is 4.06. The van der Waals surface area contributed by atoms with Gasteiger partial charge < -0.3 is 15.8 Å². The molecule has 1 unspecified atom stereocenters. The van der Waals surface area contributed by atoms with Crippen LogP contribution in [0.2, 0.25) is 0 Å². The van der Waals surface area contributed by atoms with E-state index in [4.69, 9.17) is 5.73 Å². The van der Waals surface area contributed by atoms with E-state index in [1.165, 1.54) is 19.2 Å². The largest absolute Gasteiger partial charge is 0.464 e. The third kappa shape index (κ3) is 3.41. The molecule has 0 bridgehead atoms. The minimum atomic E-state index is -0.565. The van der Waals surface area contributed by atoms with E-state index in [2.05, 4.69) is 20.3 Å². The molecular formula is C11H16N4O3. The van der Waals surface area contributed by atoms with Crippen LogP contribution in [-0.2, 0) is 9.53 Å². The highest BCUT2D eigenvalue weighted by molar-refractivity contribution is 5.87. The van der Waals surface area contributed by atoms with Crippen molar-refractivity contribution in [3.8, 4) is 0 Å². The monoisotopic (exact) mass is 252 g/mol. The summed E-state index contributed by atoms with van der Waals surface area (Å²) >= 11 is 0. The van der Waals surface area contributed by atoms with Crippen LogP contribution in [0.15, 0.2) is 12.1 Å². The van der Waals surface area contributed by atoms with Crippen molar-refractivity contribution in [2.75, 3.05) is 12.4 Å². The topological polar surface area (TPSA) is 107 Å². The van der Waals surface area contributed by atoms with Gasteiger partial charge in [-0.15, -0.1) is 10.2 Å². The van der Waals surface area contributed by atoms with E-state index in [9.17, 15) is 9.59 Å². The predicted molar refractivity (Wildman–Crippen MR) is 64.8 cm³/mol. The van der Waals surface area contributed by atoms with Gasteiger partial charge in [0.2, 0.25) is 5.91 Å². The number of nitrogens with one attached hydrogen (secondary N) is 1. The SMILES string of the molecule is COC(=O)c1ccc(NC(C(N)=O)C(C)C)nn1. The van der Waals surface area contributed by atoms with Gasteiger partial charge in [0.1, 0.15) is 11.9 Å². The van der Waals surface area contributed by atoms with E-state index in [1.54, 1.807) is 0 Å². The summed E-state index contributed by atoms with van der Waals surface area (Å²) in [5.41, 5.74) is 5.36. The van der Waals surface area contributed by atoms with Gasteiger partial charge in [-0.05, 0) is 18.1 Å². The molecule has 1 atom stereocenters. The van der Waals surface area contributed by atoms with Crippen LogP contribution in [0.1, 0.15) is 24.3 Å². The van der Waals surface area contributed by atoms with Crippen LogP contribution in [0.5, 0.6) is 0 Å². The molecule has 0 aliphatic heterocycles. The van der Waals surface area contributed by atoms with Crippen LogP contribution in [0.3, 0.4) is 0 Å². The fourth-order valence-electron chi connectivity index (χ4n) is 1.35. The number of aromatic nitrogens is 2. The van der Waals surface area contributed by atoms with Crippen molar-refractivity contribution in [2.45, 2.75) is 19.9 Å². The lowest BCUT2D eigenvalue weighted by Gasteiger charge is -2.18. The maximum Gasteiger partial charge on any atom is 0.358 e. The number of hydrogen-bond acceptors (Lipinski definition) is 6. The Morgan fingerprint density at radius 3 is 2.39 bits per heavy atom. The Morgan fingerprint density at radius 2 is 2.00 bits per heavy atom. The molecule has 0 saturated carbocycles. The van der Waals surface area contributed by atoms with Gasteiger partial charge in [0, 0.05) is 0 Å². The van der Waals surface area contributed by atoms with E-state index in [-0.39, 0.29) is 11.6 Å². The van der Waals surface area contributed by atoms with E-state index in [0.29, 0.717) is 5.82 Å². The Bertz CT molecular complexity index is 430. The van der Waals surface area contributed by atoms with Crippen LogP contribution >= 0.6 is 0 Å². The number of amides is 1. The number of nitrogens with zero attached hydrogens (tertiary/aromatic N) is 2. The number of carbonyl (C=O) groups excluding carboxylic acids is 2. The number of methoxy groups -OCH3 is 1. The van der Waals surface area contributed by atoms with E-state index in [1.807, 2.05) is 13.8 Å². The number of carbonyl (C=O) groups is 2. The van der Waals surface area contributed by atoms with Crippen molar-refractivity contribution in [1.29, 1.82) is 0 Å². The van der Waals surface area contributed by atoms with Crippen molar-refractivity contribution >= 4 is 17.7 Å². The normalized spacial score (nSPS) is 12.0. The van der Waals surface area contributed by atoms with Crippen molar-refractivity contribution in [3.63, 3.8) is 0 Å². The fraction of sp³-hybridized carbons (Fsp3) is 0.455. The minimum Gasteiger partial charge on any atom is -0.464 e. The summed E-state index contributed by atoms with van der Waals surface area (Å²) in [6.07, 6.45) is 0. The zero-order valence-electron chi connectivity index (χ0n) is 10.5. The first-order valence-corrected chi connectivity index (χ1v) is 5.43. The molecule has 7 nitrogen and oxygen atoms in total. The smallest absolute Gasteiger partial charge is 0.358 e. The third-order valence-electron chi connectivity index (χ3n) is 2.34. The highest BCUT2D eigenvalue weighted by Crippen LogP contribution is 2.10. The third-order valence-corrected chi connectivity index (χ3v) is 2.34. The Labute approximate surface area is 105 Å². The van der Waals surface area contributed by atoms with Crippen LogP contribution in [0, 0.1) is 5.92 Å². The van der Waals surface area contributed by atoms with Crippen molar-refractivity contribution in [1.82, 2.24) is 10.2 Å². The number of esters is 1. The van der Waals surface area contributed by atoms with Gasteiger partial charge in [0.05, 0.1) is 7.11 Å². The number of hydrogen-bond donors (Lipinski definition) is 2. The van der Waals surface area contributed by atoms with Gasteiger partial charge in [-0.1, -0.05) is 13.8 Å². The summed E-state index contributed by atoms with van der Waals surface area (Å²) in [5.74, 6) is -0.641. The first-order valence-electron chi connectivity index (χ1n) is 5.43. The zero-order valence-corrected chi connectivity index (χ0v) is 10.5. The first-order chi connectivity index (χ1) is 8.45. The predicted octanol–water partition coefficient (Wildman–Crippen LogP) is 0.185. The van der Waals surface area contributed by atoms with Gasteiger partial charge in [-0.3, -0.25) is 4.79 Å². The lowest BCUT2D eigenvalue weighted by atomic mass is 10.0. The standard InChI is InChI=1S/C11H16N4O3/c1-6(2)9(10(12)16)13-8-5-4-7(14-15-8)11(17)18-3/h4-6,9H,1-3H3,(H2,12,16)(H,13,15). The summed E-state index contributed by atoms with van der Waals surface area (Å²) in [4.78, 5) is 22.3. The molecule has 0 aliphatic rings. The van der Waals surface area contributed by atoms with E-state index in [0.717, 1.165) is 0 Å². The molecule has 18 heavy (non-hydrogen) atoms. The fourth-order valence-corrected chi connectivity index (χ4v) is 1.35. The Morgan fingerprint density at radius 1 is 1.33 bits per heavy atom.